The van der Waals surface area contributed by atoms with Gasteiger partial charge in [-0.25, -0.2) is 0 Å². The third kappa shape index (κ3) is 6.55. The summed E-state index contributed by atoms with van der Waals surface area (Å²) in [5.74, 6) is 0. The average molecular weight is 446 g/mol. The van der Waals surface area contributed by atoms with Crippen molar-refractivity contribution in [3.8, 4) is 0 Å². The molecule has 0 aromatic carbocycles. The van der Waals surface area contributed by atoms with Crippen LogP contribution in [0.15, 0.2) is 23.3 Å². The Balaban J connectivity index is 0.000000771. The van der Waals surface area contributed by atoms with E-state index in [1.54, 1.807) is 11.1 Å². The fourth-order valence-corrected chi connectivity index (χ4v) is 2.97. The van der Waals surface area contributed by atoms with Gasteiger partial charge in [-0.1, -0.05) is 37.8 Å². The number of allylic oxidation sites excluding steroid dienone is 4. The maximum absolute atomic E-state index is 4.64. The van der Waals surface area contributed by atoms with Crippen LogP contribution >= 0.6 is 9.58 Å². The zero-order valence-corrected chi connectivity index (χ0v) is 14.5. The van der Waals surface area contributed by atoms with Gasteiger partial charge in [0.05, 0.1) is 0 Å². The molecule has 0 spiro atoms. The molecule has 0 unspecified atom stereocenters. The zero-order chi connectivity index (χ0) is 13.1. The predicted octanol–water partition coefficient (Wildman–Crippen LogP) is 6.23. The zero-order valence-electron chi connectivity index (χ0n) is 11.4. The molecule has 106 valence electrons. The van der Waals surface area contributed by atoms with Gasteiger partial charge in [0.2, 0.25) is 0 Å². The minimum atomic E-state index is 1.33. The fraction of sp³-hybridized carbons (Fsp3) is 0.750. The van der Waals surface area contributed by atoms with Gasteiger partial charge >= 0.3 is 27.5 Å². The van der Waals surface area contributed by atoms with Crippen molar-refractivity contribution in [2.75, 3.05) is 0 Å². The van der Waals surface area contributed by atoms with Crippen LogP contribution in [0.2, 0.25) is 0 Å². The second-order valence-electron chi connectivity index (χ2n) is 5.36. The first-order valence-electron chi connectivity index (χ1n) is 7.48. The molecule has 0 atom stereocenters. The SMILES string of the molecule is C1=C(C2=CCCCCCC2)CCCCCC1.[Cl][Ir]. The van der Waals surface area contributed by atoms with Crippen molar-refractivity contribution in [1.82, 2.24) is 0 Å². The summed E-state index contributed by atoms with van der Waals surface area (Å²) < 4.78 is 0. The normalized spacial score (nSPS) is 22.2. The molecule has 0 heterocycles. The third-order valence-electron chi connectivity index (χ3n) is 3.99. The molecule has 0 bridgehead atoms. The van der Waals surface area contributed by atoms with Crippen LogP contribution in [0.5, 0.6) is 0 Å². The van der Waals surface area contributed by atoms with Crippen molar-refractivity contribution in [2.45, 2.75) is 77.0 Å². The summed E-state index contributed by atoms with van der Waals surface area (Å²) in [4.78, 5) is 0. The Morgan fingerprint density at radius 2 is 1.00 bits per heavy atom. The van der Waals surface area contributed by atoms with Gasteiger partial charge in [-0.3, -0.25) is 0 Å². The topological polar surface area (TPSA) is 0 Å². The van der Waals surface area contributed by atoms with E-state index in [-0.39, 0.29) is 0 Å². The molecule has 0 saturated carbocycles. The Morgan fingerprint density at radius 3 is 1.44 bits per heavy atom. The first-order valence-corrected chi connectivity index (χ1v) is 10.4. The van der Waals surface area contributed by atoms with Gasteiger partial charge in [0, 0.05) is 0 Å². The number of rotatable bonds is 1. The second-order valence-corrected chi connectivity index (χ2v) is 5.36. The van der Waals surface area contributed by atoms with Gasteiger partial charge in [0.15, 0.2) is 0 Å². The van der Waals surface area contributed by atoms with Crippen molar-refractivity contribution in [2.24, 2.45) is 0 Å². The molecule has 2 aliphatic rings. The van der Waals surface area contributed by atoms with Crippen molar-refractivity contribution in [1.29, 1.82) is 0 Å². The van der Waals surface area contributed by atoms with E-state index in [1.807, 2.05) is 0 Å². The second kappa shape index (κ2) is 11.3. The summed E-state index contributed by atoms with van der Waals surface area (Å²) in [6.07, 6.45) is 21.9. The number of hydrogen-bond acceptors (Lipinski definition) is 0. The minimum absolute atomic E-state index is 1.33. The maximum atomic E-state index is 4.64. The fourth-order valence-electron chi connectivity index (χ4n) is 2.97. The molecule has 0 aromatic rings. The van der Waals surface area contributed by atoms with Gasteiger partial charge < -0.3 is 0 Å². The molecule has 2 aliphatic carbocycles. The van der Waals surface area contributed by atoms with E-state index in [9.17, 15) is 0 Å². The Kier molecular flexibility index (Phi) is 10.3. The molecule has 18 heavy (non-hydrogen) atoms. The summed E-state index contributed by atoms with van der Waals surface area (Å²) in [6.45, 7) is 0. The molecule has 0 fully saturated rings. The molecule has 0 radical (unpaired) electrons. The molecular weight excluding hydrogens is 420 g/mol. The molecule has 0 saturated heterocycles. The Bertz CT molecular complexity index is 240. The summed E-state index contributed by atoms with van der Waals surface area (Å²) in [7, 11) is 4.64. The predicted molar refractivity (Wildman–Crippen MR) is 77.4 cm³/mol. The van der Waals surface area contributed by atoms with E-state index in [0.29, 0.717) is 0 Å². The van der Waals surface area contributed by atoms with Gasteiger partial charge in [-0.15, -0.1) is 0 Å². The Hall–Kier alpha value is 0.419. The van der Waals surface area contributed by atoms with Crippen molar-refractivity contribution in [3.05, 3.63) is 23.3 Å². The molecule has 0 amide bonds. The van der Waals surface area contributed by atoms with Crippen molar-refractivity contribution < 1.29 is 17.9 Å². The van der Waals surface area contributed by atoms with Crippen LogP contribution in [0.4, 0.5) is 0 Å². The van der Waals surface area contributed by atoms with E-state index in [1.165, 1.54) is 94.9 Å². The summed E-state index contributed by atoms with van der Waals surface area (Å²) in [6, 6.07) is 0. The standard InChI is InChI=1S/C16H26.ClH.Ir/c1-3-7-11-15(12-8-4-1)16-13-9-5-2-6-10-14-16;;/h11,13H,1-10,12,14H2;1H;/q;;+1/p-1. The number of hydrogen-bond donors (Lipinski definition) is 0. The molecule has 2 heteroatoms. The molecule has 0 nitrogen and oxygen atoms in total. The molecular formula is C16H26ClIr. The Labute approximate surface area is 127 Å². The van der Waals surface area contributed by atoms with Gasteiger partial charge in [-0.05, 0) is 62.5 Å². The van der Waals surface area contributed by atoms with Gasteiger partial charge in [-0.2, -0.15) is 0 Å². The first-order chi connectivity index (χ1) is 8.97. The Morgan fingerprint density at radius 1 is 0.611 bits per heavy atom. The first kappa shape index (κ1) is 16.5. The van der Waals surface area contributed by atoms with E-state index in [4.69, 9.17) is 0 Å². The quantitative estimate of drug-likeness (QED) is 0.448. The summed E-state index contributed by atoms with van der Waals surface area (Å²) in [5.41, 5.74) is 3.42. The van der Waals surface area contributed by atoms with Crippen molar-refractivity contribution in [3.63, 3.8) is 0 Å². The van der Waals surface area contributed by atoms with E-state index >= 15 is 0 Å². The number of halogens is 1. The van der Waals surface area contributed by atoms with Crippen LogP contribution in [0.25, 0.3) is 0 Å². The molecule has 2 rings (SSSR count). The van der Waals surface area contributed by atoms with E-state index in [0.717, 1.165) is 0 Å². The third-order valence-corrected chi connectivity index (χ3v) is 3.99. The van der Waals surface area contributed by atoms with Gasteiger partial charge in [0.25, 0.3) is 0 Å². The summed E-state index contributed by atoms with van der Waals surface area (Å²) >= 11 is 1.47. The van der Waals surface area contributed by atoms with Crippen LogP contribution < -0.4 is 0 Å². The van der Waals surface area contributed by atoms with Crippen LogP contribution in [-0.4, -0.2) is 0 Å². The average Bonchev–Trinajstić information content (AvgIpc) is 2.32. The molecule has 0 N–H and O–H groups in total. The van der Waals surface area contributed by atoms with Crippen LogP contribution in [0, 0.1) is 0 Å². The molecule has 0 aliphatic heterocycles. The van der Waals surface area contributed by atoms with Crippen LogP contribution in [0.3, 0.4) is 0 Å². The van der Waals surface area contributed by atoms with Gasteiger partial charge in [0.1, 0.15) is 0 Å². The monoisotopic (exact) mass is 446 g/mol. The molecule has 0 aromatic heterocycles. The van der Waals surface area contributed by atoms with Crippen LogP contribution in [-0.2, 0) is 17.9 Å². The van der Waals surface area contributed by atoms with Crippen LogP contribution in [0.1, 0.15) is 77.0 Å². The van der Waals surface area contributed by atoms with E-state index < -0.39 is 0 Å². The summed E-state index contributed by atoms with van der Waals surface area (Å²) in [5, 5.41) is 0. The van der Waals surface area contributed by atoms with Crippen molar-refractivity contribution >= 4 is 9.58 Å². The van der Waals surface area contributed by atoms with E-state index in [2.05, 4.69) is 21.7 Å².